The van der Waals surface area contributed by atoms with Gasteiger partial charge in [0.2, 0.25) is 5.91 Å². The maximum Gasteiger partial charge on any atom is 0.323 e. The highest BCUT2D eigenvalue weighted by Gasteiger charge is 2.22. The molecule has 0 unspecified atom stereocenters. The van der Waals surface area contributed by atoms with Crippen molar-refractivity contribution in [3.63, 3.8) is 0 Å². The van der Waals surface area contributed by atoms with Crippen LogP contribution in [0.5, 0.6) is 0 Å². The maximum atomic E-state index is 12.0. The topological polar surface area (TPSA) is 90.4 Å². The quantitative estimate of drug-likeness (QED) is 0.654. The minimum Gasteiger partial charge on any atom is -0.480 e. The number of carbonyl (C=O) groups excluding carboxylic acids is 2. The van der Waals surface area contributed by atoms with E-state index in [-0.39, 0.29) is 25.6 Å². The Kier molecular flexibility index (Phi) is 7.50. The standard InChI is InChI=1S/C11H21N3O5/c1-12(2)9(15)7-13(3)11(18)14(5-6-19-4)8-10(16)17/h5-8H2,1-4H3,(H,16,17). The fourth-order valence-electron chi connectivity index (χ4n) is 1.26. The molecule has 0 aliphatic heterocycles. The Bertz CT molecular complexity index is 332. The van der Waals surface area contributed by atoms with Crippen LogP contribution < -0.4 is 0 Å². The lowest BCUT2D eigenvalue weighted by Gasteiger charge is -2.27. The van der Waals surface area contributed by atoms with Crippen molar-refractivity contribution in [1.82, 2.24) is 14.7 Å². The summed E-state index contributed by atoms with van der Waals surface area (Å²) >= 11 is 0. The summed E-state index contributed by atoms with van der Waals surface area (Å²) in [6.45, 7) is -0.145. The van der Waals surface area contributed by atoms with Crippen LogP contribution in [0.1, 0.15) is 0 Å². The highest BCUT2D eigenvalue weighted by molar-refractivity contribution is 5.85. The van der Waals surface area contributed by atoms with Crippen molar-refractivity contribution in [3.8, 4) is 0 Å². The van der Waals surface area contributed by atoms with E-state index in [0.717, 1.165) is 4.90 Å². The van der Waals surface area contributed by atoms with Gasteiger partial charge in [-0.05, 0) is 0 Å². The van der Waals surface area contributed by atoms with Crippen LogP contribution in [0.15, 0.2) is 0 Å². The second-order valence-corrected chi connectivity index (χ2v) is 4.23. The summed E-state index contributed by atoms with van der Waals surface area (Å²) < 4.78 is 4.82. The van der Waals surface area contributed by atoms with E-state index < -0.39 is 18.5 Å². The molecule has 0 aromatic rings. The summed E-state index contributed by atoms with van der Waals surface area (Å²) in [6, 6.07) is -0.519. The Morgan fingerprint density at radius 2 is 1.68 bits per heavy atom. The smallest absolute Gasteiger partial charge is 0.323 e. The van der Waals surface area contributed by atoms with Crippen LogP contribution in [0, 0.1) is 0 Å². The van der Waals surface area contributed by atoms with Crippen molar-refractivity contribution >= 4 is 17.9 Å². The third-order valence-corrected chi connectivity index (χ3v) is 2.36. The highest BCUT2D eigenvalue weighted by atomic mass is 16.5. The van der Waals surface area contributed by atoms with Gasteiger partial charge in [0.1, 0.15) is 13.1 Å². The van der Waals surface area contributed by atoms with Gasteiger partial charge < -0.3 is 24.5 Å². The van der Waals surface area contributed by atoms with Gasteiger partial charge in [0, 0.05) is 34.8 Å². The Balaban J connectivity index is 4.58. The van der Waals surface area contributed by atoms with E-state index in [1.165, 1.54) is 24.0 Å². The predicted octanol–water partition coefficient (Wildman–Crippen LogP) is -0.841. The summed E-state index contributed by atoms with van der Waals surface area (Å²) in [5, 5.41) is 8.76. The molecule has 0 saturated carbocycles. The number of amides is 3. The summed E-state index contributed by atoms with van der Waals surface area (Å²) in [6.07, 6.45) is 0. The number of carboxylic acid groups (broad SMARTS) is 1. The second-order valence-electron chi connectivity index (χ2n) is 4.23. The molecule has 0 radical (unpaired) electrons. The maximum absolute atomic E-state index is 12.0. The van der Waals surface area contributed by atoms with Crippen LogP contribution in [-0.2, 0) is 14.3 Å². The van der Waals surface area contributed by atoms with Crippen LogP contribution in [-0.4, -0.2) is 92.2 Å². The molecule has 19 heavy (non-hydrogen) atoms. The summed E-state index contributed by atoms with van der Waals surface area (Å²) in [5.41, 5.74) is 0. The van der Waals surface area contributed by atoms with Gasteiger partial charge >= 0.3 is 12.0 Å². The predicted molar refractivity (Wildman–Crippen MR) is 67.8 cm³/mol. The Labute approximate surface area is 112 Å². The number of aliphatic carboxylic acids is 1. The zero-order valence-electron chi connectivity index (χ0n) is 11.8. The number of carboxylic acids is 1. The first-order chi connectivity index (χ1) is 8.79. The number of nitrogens with zero attached hydrogens (tertiary/aromatic N) is 3. The summed E-state index contributed by atoms with van der Waals surface area (Å²) in [7, 11) is 6.08. The molecule has 8 nitrogen and oxygen atoms in total. The Hall–Kier alpha value is -1.83. The van der Waals surface area contributed by atoms with Crippen molar-refractivity contribution in [2.45, 2.75) is 0 Å². The zero-order chi connectivity index (χ0) is 15.0. The van der Waals surface area contributed by atoms with Gasteiger partial charge in [-0.25, -0.2) is 4.79 Å². The van der Waals surface area contributed by atoms with Gasteiger partial charge in [0.15, 0.2) is 0 Å². The number of methoxy groups -OCH3 is 1. The van der Waals surface area contributed by atoms with Crippen LogP contribution >= 0.6 is 0 Å². The summed E-state index contributed by atoms with van der Waals surface area (Å²) in [5.74, 6) is -1.35. The molecule has 0 spiro atoms. The molecule has 0 atom stereocenters. The molecule has 0 heterocycles. The first-order valence-electron chi connectivity index (χ1n) is 5.70. The summed E-state index contributed by atoms with van der Waals surface area (Å²) in [4.78, 5) is 37.9. The van der Waals surface area contributed by atoms with E-state index in [0.29, 0.717) is 0 Å². The van der Waals surface area contributed by atoms with Gasteiger partial charge in [-0.15, -0.1) is 0 Å². The lowest BCUT2D eigenvalue weighted by Crippen LogP contribution is -2.47. The monoisotopic (exact) mass is 275 g/mol. The minimum absolute atomic E-state index is 0.102. The van der Waals surface area contributed by atoms with E-state index in [9.17, 15) is 14.4 Å². The second kappa shape index (κ2) is 8.30. The number of likely N-dealkylation sites (N-methyl/N-ethyl adjacent to an activating group) is 2. The molecule has 0 rings (SSSR count). The van der Waals surface area contributed by atoms with Gasteiger partial charge in [-0.1, -0.05) is 0 Å². The van der Waals surface area contributed by atoms with Crippen molar-refractivity contribution in [2.24, 2.45) is 0 Å². The van der Waals surface area contributed by atoms with Crippen molar-refractivity contribution in [1.29, 1.82) is 0 Å². The van der Waals surface area contributed by atoms with Crippen LogP contribution in [0.4, 0.5) is 4.79 Å². The molecule has 3 amide bonds. The first kappa shape index (κ1) is 17.2. The molecule has 110 valence electrons. The molecular weight excluding hydrogens is 254 g/mol. The van der Waals surface area contributed by atoms with E-state index >= 15 is 0 Å². The molecule has 0 aliphatic carbocycles. The molecule has 8 heteroatoms. The number of carbonyl (C=O) groups is 3. The van der Waals surface area contributed by atoms with Gasteiger partial charge in [0.05, 0.1) is 6.61 Å². The average molecular weight is 275 g/mol. The van der Waals surface area contributed by atoms with E-state index in [1.54, 1.807) is 14.1 Å². The van der Waals surface area contributed by atoms with E-state index in [4.69, 9.17) is 9.84 Å². The number of ether oxygens (including phenoxy) is 1. The Morgan fingerprint density at radius 1 is 1.11 bits per heavy atom. The molecule has 1 N–H and O–H groups in total. The largest absolute Gasteiger partial charge is 0.480 e. The molecule has 0 saturated heterocycles. The molecule has 0 aromatic heterocycles. The zero-order valence-corrected chi connectivity index (χ0v) is 11.8. The molecule has 0 aromatic carbocycles. The Morgan fingerprint density at radius 3 is 2.11 bits per heavy atom. The first-order valence-corrected chi connectivity index (χ1v) is 5.70. The molecule has 0 aliphatic rings. The van der Waals surface area contributed by atoms with Crippen LogP contribution in [0.25, 0.3) is 0 Å². The van der Waals surface area contributed by atoms with Gasteiger partial charge in [-0.2, -0.15) is 0 Å². The van der Waals surface area contributed by atoms with Crippen LogP contribution in [0.2, 0.25) is 0 Å². The lowest BCUT2D eigenvalue weighted by molar-refractivity contribution is -0.137. The van der Waals surface area contributed by atoms with E-state index in [1.807, 2.05) is 0 Å². The number of urea groups is 1. The van der Waals surface area contributed by atoms with Crippen molar-refractivity contribution in [3.05, 3.63) is 0 Å². The normalized spacial score (nSPS) is 9.89. The minimum atomic E-state index is -1.11. The molecular formula is C11H21N3O5. The fourth-order valence-corrected chi connectivity index (χ4v) is 1.26. The van der Waals surface area contributed by atoms with E-state index in [2.05, 4.69) is 0 Å². The van der Waals surface area contributed by atoms with Crippen molar-refractivity contribution in [2.75, 3.05) is 54.5 Å². The SMILES string of the molecule is COCCN(CC(=O)O)C(=O)N(C)CC(=O)N(C)C. The van der Waals surface area contributed by atoms with Crippen LogP contribution in [0.3, 0.4) is 0 Å². The fraction of sp³-hybridized carbons (Fsp3) is 0.727. The molecule has 0 bridgehead atoms. The van der Waals surface area contributed by atoms with Crippen molar-refractivity contribution < 1.29 is 24.2 Å². The number of hydrogen-bond acceptors (Lipinski definition) is 4. The average Bonchev–Trinajstić information content (AvgIpc) is 2.32. The van der Waals surface area contributed by atoms with Gasteiger partial charge in [-0.3, -0.25) is 9.59 Å². The lowest BCUT2D eigenvalue weighted by atomic mass is 10.4. The third kappa shape index (κ3) is 6.61. The third-order valence-electron chi connectivity index (χ3n) is 2.36. The van der Waals surface area contributed by atoms with Gasteiger partial charge in [0.25, 0.3) is 0 Å². The number of hydrogen-bond donors (Lipinski definition) is 1. The molecule has 0 fully saturated rings. The number of rotatable bonds is 7. The highest BCUT2D eigenvalue weighted by Crippen LogP contribution is 1.98.